The van der Waals surface area contributed by atoms with Gasteiger partial charge in [0.25, 0.3) is 0 Å². The van der Waals surface area contributed by atoms with E-state index in [1.165, 1.54) is 0 Å². The normalized spacial score (nSPS) is 10.6. The molecule has 0 unspecified atom stereocenters. The van der Waals surface area contributed by atoms with E-state index >= 15 is 0 Å². The molecule has 0 aliphatic carbocycles. The Morgan fingerprint density at radius 3 is 3.05 bits per heavy atom. The Morgan fingerprint density at radius 2 is 2.32 bits per heavy atom. The summed E-state index contributed by atoms with van der Waals surface area (Å²) in [6.07, 6.45) is 5.59. The van der Waals surface area contributed by atoms with Crippen LogP contribution < -0.4 is 10.1 Å². The number of hydrogen-bond acceptors (Lipinski definition) is 3. The minimum Gasteiger partial charge on any atom is -0.496 e. The highest BCUT2D eigenvalue weighted by molar-refractivity contribution is 6.31. The highest BCUT2D eigenvalue weighted by Crippen LogP contribution is 2.25. The maximum atomic E-state index is 6.17. The zero-order chi connectivity index (χ0) is 13.5. The molecule has 4 nitrogen and oxygen atoms in total. The second kappa shape index (κ2) is 7.16. The van der Waals surface area contributed by atoms with E-state index in [2.05, 4.69) is 15.3 Å². The number of hydrogen-bond donors (Lipinski definition) is 2. The van der Waals surface area contributed by atoms with Crippen LogP contribution in [0.1, 0.15) is 17.8 Å². The molecule has 0 fully saturated rings. The van der Waals surface area contributed by atoms with Crippen LogP contribution in [0.4, 0.5) is 0 Å². The first kappa shape index (κ1) is 13.9. The number of ether oxygens (including phenoxy) is 1. The minimum atomic E-state index is 0.709. The van der Waals surface area contributed by atoms with Crippen LogP contribution in [0, 0.1) is 0 Å². The number of methoxy groups -OCH3 is 1. The number of halogens is 1. The van der Waals surface area contributed by atoms with Gasteiger partial charge in [0, 0.05) is 35.9 Å². The van der Waals surface area contributed by atoms with E-state index in [0.29, 0.717) is 6.54 Å². The average molecular weight is 280 g/mol. The molecule has 5 heteroatoms. The molecule has 1 aromatic heterocycles. The molecule has 2 aromatic rings. The van der Waals surface area contributed by atoms with Gasteiger partial charge in [-0.3, -0.25) is 0 Å². The molecule has 19 heavy (non-hydrogen) atoms. The molecule has 102 valence electrons. The molecule has 0 spiro atoms. The Morgan fingerprint density at radius 1 is 1.42 bits per heavy atom. The molecular formula is C14H18ClN3O. The first-order valence-electron chi connectivity index (χ1n) is 6.31. The first-order valence-corrected chi connectivity index (χ1v) is 6.69. The third kappa shape index (κ3) is 3.98. The molecule has 0 atom stereocenters. The Kier molecular flexibility index (Phi) is 5.24. The number of rotatable bonds is 7. The van der Waals surface area contributed by atoms with Crippen molar-refractivity contribution in [3.05, 3.63) is 47.0 Å². The maximum Gasteiger partial charge on any atom is 0.124 e. The summed E-state index contributed by atoms with van der Waals surface area (Å²) < 4.78 is 5.30. The molecule has 2 rings (SSSR count). The van der Waals surface area contributed by atoms with Crippen molar-refractivity contribution in [2.24, 2.45) is 0 Å². The molecule has 1 heterocycles. The molecule has 0 aliphatic rings. The van der Waals surface area contributed by atoms with Gasteiger partial charge in [-0.05, 0) is 25.1 Å². The highest BCUT2D eigenvalue weighted by Gasteiger charge is 2.06. The molecular weight excluding hydrogens is 262 g/mol. The molecule has 0 amide bonds. The van der Waals surface area contributed by atoms with Crippen molar-refractivity contribution < 1.29 is 4.74 Å². The number of aryl methyl sites for hydroxylation is 1. The third-order valence-corrected chi connectivity index (χ3v) is 3.27. The number of nitrogens with zero attached hydrogens (tertiary/aromatic N) is 1. The quantitative estimate of drug-likeness (QED) is 0.766. The third-order valence-electron chi connectivity index (χ3n) is 2.92. The fourth-order valence-corrected chi connectivity index (χ4v) is 2.16. The molecule has 0 aliphatic heterocycles. The second-order valence-corrected chi connectivity index (χ2v) is 4.64. The van der Waals surface area contributed by atoms with Crippen LogP contribution in [0.5, 0.6) is 5.75 Å². The molecule has 2 N–H and O–H groups in total. The van der Waals surface area contributed by atoms with E-state index in [9.17, 15) is 0 Å². The van der Waals surface area contributed by atoms with Gasteiger partial charge in [-0.25, -0.2) is 4.98 Å². The number of H-pyrrole nitrogens is 1. The van der Waals surface area contributed by atoms with E-state index in [0.717, 1.165) is 41.5 Å². The van der Waals surface area contributed by atoms with Crippen LogP contribution in [0.2, 0.25) is 5.02 Å². The summed E-state index contributed by atoms with van der Waals surface area (Å²) in [4.78, 5) is 7.28. The van der Waals surface area contributed by atoms with Crippen molar-refractivity contribution in [2.75, 3.05) is 13.7 Å². The number of aromatic amines is 1. The summed E-state index contributed by atoms with van der Waals surface area (Å²) in [7, 11) is 1.66. The summed E-state index contributed by atoms with van der Waals surface area (Å²) in [5.41, 5.74) is 1.00. The van der Waals surface area contributed by atoms with Crippen LogP contribution in [-0.2, 0) is 13.0 Å². The number of imidazole rings is 1. The van der Waals surface area contributed by atoms with Crippen LogP contribution in [0.15, 0.2) is 30.6 Å². The van der Waals surface area contributed by atoms with Gasteiger partial charge in [-0.1, -0.05) is 17.7 Å². The monoisotopic (exact) mass is 279 g/mol. The predicted molar refractivity (Wildman–Crippen MR) is 76.6 cm³/mol. The first-order chi connectivity index (χ1) is 9.31. The lowest BCUT2D eigenvalue weighted by Gasteiger charge is -2.11. The van der Waals surface area contributed by atoms with E-state index in [1.54, 1.807) is 13.3 Å². The van der Waals surface area contributed by atoms with Gasteiger partial charge in [0.1, 0.15) is 11.6 Å². The van der Waals surface area contributed by atoms with E-state index in [-0.39, 0.29) is 0 Å². The molecule has 0 saturated carbocycles. The summed E-state index contributed by atoms with van der Waals surface area (Å²) in [5, 5.41) is 4.11. The summed E-state index contributed by atoms with van der Waals surface area (Å²) in [5.74, 6) is 1.85. The topological polar surface area (TPSA) is 49.9 Å². The number of benzene rings is 1. The molecule has 0 saturated heterocycles. The molecule has 0 bridgehead atoms. The van der Waals surface area contributed by atoms with E-state index in [1.807, 2.05) is 24.4 Å². The Labute approximate surface area is 118 Å². The van der Waals surface area contributed by atoms with Crippen molar-refractivity contribution in [3.63, 3.8) is 0 Å². The van der Waals surface area contributed by atoms with Gasteiger partial charge < -0.3 is 15.0 Å². The van der Waals surface area contributed by atoms with Crippen molar-refractivity contribution in [1.29, 1.82) is 0 Å². The van der Waals surface area contributed by atoms with Gasteiger partial charge in [-0.15, -0.1) is 0 Å². The van der Waals surface area contributed by atoms with Crippen molar-refractivity contribution in [2.45, 2.75) is 19.4 Å². The molecule has 0 radical (unpaired) electrons. The van der Waals surface area contributed by atoms with Gasteiger partial charge in [0.05, 0.1) is 7.11 Å². The van der Waals surface area contributed by atoms with Gasteiger partial charge >= 0.3 is 0 Å². The van der Waals surface area contributed by atoms with Gasteiger partial charge in [0.2, 0.25) is 0 Å². The van der Waals surface area contributed by atoms with Crippen LogP contribution in [-0.4, -0.2) is 23.6 Å². The fraction of sp³-hybridized carbons (Fsp3) is 0.357. The summed E-state index contributed by atoms with van der Waals surface area (Å²) in [6, 6.07) is 5.69. The predicted octanol–water partition coefficient (Wildman–Crippen LogP) is 2.79. The lowest BCUT2D eigenvalue weighted by Crippen LogP contribution is -2.16. The van der Waals surface area contributed by atoms with Crippen molar-refractivity contribution >= 4 is 11.6 Å². The Hall–Kier alpha value is -1.52. The Bertz CT molecular complexity index is 499. The fourth-order valence-electron chi connectivity index (χ4n) is 1.93. The van der Waals surface area contributed by atoms with E-state index < -0.39 is 0 Å². The van der Waals surface area contributed by atoms with Gasteiger partial charge in [-0.2, -0.15) is 0 Å². The largest absolute Gasteiger partial charge is 0.496 e. The van der Waals surface area contributed by atoms with Crippen LogP contribution >= 0.6 is 11.6 Å². The second-order valence-electron chi connectivity index (χ2n) is 4.24. The van der Waals surface area contributed by atoms with Gasteiger partial charge in [0.15, 0.2) is 0 Å². The van der Waals surface area contributed by atoms with Crippen LogP contribution in [0.3, 0.4) is 0 Å². The zero-order valence-electron chi connectivity index (χ0n) is 10.9. The minimum absolute atomic E-state index is 0.709. The zero-order valence-corrected chi connectivity index (χ0v) is 11.7. The number of aromatic nitrogens is 2. The SMILES string of the molecule is COc1cccc(Cl)c1CNCCCc1ncc[nH]1. The lowest BCUT2D eigenvalue weighted by molar-refractivity contribution is 0.407. The summed E-state index contributed by atoms with van der Waals surface area (Å²) >= 11 is 6.17. The smallest absolute Gasteiger partial charge is 0.124 e. The average Bonchev–Trinajstić information content (AvgIpc) is 2.93. The Balaban J connectivity index is 1.76. The van der Waals surface area contributed by atoms with Crippen LogP contribution in [0.25, 0.3) is 0 Å². The van der Waals surface area contributed by atoms with Crippen molar-refractivity contribution in [3.8, 4) is 5.75 Å². The highest BCUT2D eigenvalue weighted by atomic mass is 35.5. The maximum absolute atomic E-state index is 6.17. The summed E-state index contributed by atoms with van der Waals surface area (Å²) in [6.45, 7) is 1.62. The lowest BCUT2D eigenvalue weighted by atomic mass is 10.2. The van der Waals surface area contributed by atoms with E-state index in [4.69, 9.17) is 16.3 Å². The van der Waals surface area contributed by atoms with Crippen molar-refractivity contribution in [1.82, 2.24) is 15.3 Å². The molecule has 1 aromatic carbocycles. The number of nitrogens with one attached hydrogen (secondary N) is 2. The standard InChI is InChI=1S/C14H18ClN3O/c1-19-13-5-2-4-12(15)11(13)10-16-7-3-6-14-17-8-9-18-14/h2,4-5,8-9,16H,3,6-7,10H2,1H3,(H,17,18).